The first-order chi connectivity index (χ1) is 9.31. The van der Waals surface area contributed by atoms with E-state index in [2.05, 4.69) is 58.6 Å². The minimum atomic E-state index is 0.217. The molecule has 0 aliphatic heterocycles. The van der Waals surface area contributed by atoms with Crippen molar-refractivity contribution in [3.63, 3.8) is 0 Å². The third-order valence-corrected chi connectivity index (χ3v) is 3.58. The van der Waals surface area contributed by atoms with Crippen LogP contribution >= 0.6 is 0 Å². The molecule has 112 valence electrons. The quantitative estimate of drug-likeness (QED) is 0.689. The lowest BCUT2D eigenvalue weighted by Gasteiger charge is -2.27. The van der Waals surface area contributed by atoms with Gasteiger partial charge in [-0.1, -0.05) is 52.0 Å². The lowest BCUT2D eigenvalue weighted by Crippen LogP contribution is -2.38. The topological polar surface area (TPSA) is 20.3 Å². The molecular formula is C18H29NO. The monoisotopic (exact) mass is 275 g/mol. The summed E-state index contributed by atoms with van der Waals surface area (Å²) in [7, 11) is 0. The minimum absolute atomic E-state index is 0.217. The summed E-state index contributed by atoms with van der Waals surface area (Å²) in [6.45, 7) is 14.5. The summed E-state index contributed by atoms with van der Waals surface area (Å²) in [5.41, 5.74) is 2.10. The van der Waals surface area contributed by atoms with Gasteiger partial charge >= 0.3 is 0 Å². The standard InChI is InChI=1S/C18H29NO/c1-13(2)11-19(15(5)6)12-18(20)17-9-7-16(8-10-17)14(3)4/h7-10,13-15H,11-12H2,1-6H3. The number of benzene rings is 1. The average molecular weight is 275 g/mol. The van der Waals surface area contributed by atoms with E-state index in [0.29, 0.717) is 24.4 Å². The van der Waals surface area contributed by atoms with Gasteiger partial charge in [-0.05, 0) is 31.2 Å². The van der Waals surface area contributed by atoms with Gasteiger partial charge in [0.25, 0.3) is 0 Å². The molecular weight excluding hydrogens is 246 g/mol. The van der Waals surface area contributed by atoms with E-state index >= 15 is 0 Å². The summed E-state index contributed by atoms with van der Waals surface area (Å²) in [5, 5.41) is 0. The molecule has 0 spiro atoms. The van der Waals surface area contributed by atoms with Crippen molar-refractivity contribution >= 4 is 5.78 Å². The Kier molecular flexibility index (Phi) is 6.41. The predicted octanol–water partition coefficient (Wildman–Crippen LogP) is 4.36. The van der Waals surface area contributed by atoms with Crippen LogP contribution in [0.1, 0.15) is 63.4 Å². The molecule has 1 aromatic rings. The van der Waals surface area contributed by atoms with Gasteiger partial charge in [0.1, 0.15) is 0 Å². The second kappa shape index (κ2) is 7.58. The van der Waals surface area contributed by atoms with Crippen LogP contribution in [0, 0.1) is 5.92 Å². The minimum Gasteiger partial charge on any atom is -0.293 e. The fourth-order valence-electron chi connectivity index (χ4n) is 2.26. The second-order valence-corrected chi connectivity index (χ2v) is 6.62. The van der Waals surface area contributed by atoms with Crippen molar-refractivity contribution in [1.82, 2.24) is 4.90 Å². The van der Waals surface area contributed by atoms with E-state index in [1.165, 1.54) is 5.56 Å². The summed E-state index contributed by atoms with van der Waals surface area (Å²) in [4.78, 5) is 14.6. The van der Waals surface area contributed by atoms with Crippen LogP contribution in [0.25, 0.3) is 0 Å². The lowest BCUT2D eigenvalue weighted by atomic mass is 10.00. The molecule has 2 heteroatoms. The van der Waals surface area contributed by atoms with Gasteiger partial charge in [0.2, 0.25) is 0 Å². The summed E-state index contributed by atoms with van der Waals surface area (Å²) in [5.74, 6) is 1.30. The van der Waals surface area contributed by atoms with Gasteiger partial charge in [-0.2, -0.15) is 0 Å². The SMILES string of the molecule is CC(C)CN(CC(=O)c1ccc(C(C)C)cc1)C(C)C. The van der Waals surface area contributed by atoms with E-state index in [-0.39, 0.29) is 5.78 Å². The number of hydrogen-bond acceptors (Lipinski definition) is 2. The molecule has 0 unspecified atom stereocenters. The maximum Gasteiger partial charge on any atom is 0.176 e. The van der Waals surface area contributed by atoms with Gasteiger partial charge < -0.3 is 0 Å². The van der Waals surface area contributed by atoms with Gasteiger partial charge in [0.05, 0.1) is 6.54 Å². The van der Waals surface area contributed by atoms with Crippen LogP contribution in [-0.2, 0) is 0 Å². The molecule has 1 rings (SSSR count). The number of nitrogens with zero attached hydrogens (tertiary/aromatic N) is 1. The third-order valence-electron chi connectivity index (χ3n) is 3.58. The van der Waals surface area contributed by atoms with Crippen molar-refractivity contribution in [2.24, 2.45) is 5.92 Å². The Morgan fingerprint density at radius 1 is 1.00 bits per heavy atom. The zero-order valence-electron chi connectivity index (χ0n) is 13.8. The number of carbonyl (C=O) groups is 1. The Hall–Kier alpha value is -1.15. The largest absolute Gasteiger partial charge is 0.293 e. The Morgan fingerprint density at radius 2 is 1.55 bits per heavy atom. The van der Waals surface area contributed by atoms with Crippen molar-refractivity contribution in [3.8, 4) is 0 Å². The van der Waals surface area contributed by atoms with Crippen LogP contribution in [0.4, 0.5) is 0 Å². The summed E-state index contributed by atoms with van der Waals surface area (Å²) in [6.07, 6.45) is 0. The maximum absolute atomic E-state index is 12.4. The average Bonchev–Trinajstić information content (AvgIpc) is 2.37. The summed E-state index contributed by atoms with van der Waals surface area (Å²) < 4.78 is 0. The second-order valence-electron chi connectivity index (χ2n) is 6.62. The Balaban J connectivity index is 2.73. The molecule has 0 saturated carbocycles. The van der Waals surface area contributed by atoms with E-state index in [4.69, 9.17) is 0 Å². The van der Waals surface area contributed by atoms with Crippen molar-refractivity contribution in [3.05, 3.63) is 35.4 Å². The molecule has 0 radical (unpaired) electrons. The molecule has 0 N–H and O–H groups in total. The van der Waals surface area contributed by atoms with Crippen molar-refractivity contribution in [2.45, 2.75) is 53.5 Å². The van der Waals surface area contributed by atoms with Gasteiger partial charge in [0, 0.05) is 18.2 Å². The number of hydrogen-bond donors (Lipinski definition) is 0. The van der Waals surface area contributed by atoms with Gasteiger partial charge in [-0.15, -0.1) is 0 Å². The van der Waals surface area contributed by atoms with Gasteiger partial charge in [-0.25, -0.2) is 0 Å². The smallest absolute Gasteiger partial charge is 0.176 e. The highest BCUT2D eigenvalue weighted by Crippen LogP contribution is 2.15. The molecule has 0 aliphatic rings. The molecule has 0 bridgehead atoms. The molecule has 0 fully saturated rings. The predicted molar refractivity (Wildman–Crippen MR) is 86.4 cm³/mol. The zero-order valence-corrected chi connectivity index (χ0v) is 13.8. The molecule has 2 nitrogen and oxygen atoms in total. The number of carbonyl (C=O) groups excluding carboxylic acids is 1. The van der Waals surface area contributed by atoms with Crippen LogP contribution in [0.15, 0.2) is 24.3 Å². The molecule has 0 aliphatic carbocycles. The normalized spacial score (nSPS) is 11.9. The van der Waals surface area contributed by atoms with E-state index in [0.717, 1.165) is 12.1 Å². The number of ketones is 1. The third kappa shape index (κ3) is 5.09. The maximum atomic E-state index is 12.4. The number of Topliss-reactive ketones (excluding diaryl/α,β-unsaturated/α-hetero) is 1. The van der Waals surface area contributed by atoms with Crippen LogP contribution in [-0.4, -0.2) is 29.8 Å². The van der Waals surface area contributed by atoms with Crippen molar-refractivity contribution in [1.29, 1.82) is 0 Å². The molecule has 0 aromatic heterocycles. The van der Waals surface area contributed by atoms with E-state index in [1.807, 2.05) is 12.1 Å². The summed E-state index contributed by atoms with van der Waals surface area (Å²) >= 11 is 0. The zero-order chi connectivity index (χ0) is 15.3. The summed E-state index contributed by atoms with van der Waals surface area (Å²) in [6, 6.07) is 8.47. The highest BCUT2D eigenvalue weighted by molar-refractivity contribution is 5.97. The van der Waals surface area contributed by atoms with E-state index in [9.17, 15) is 4.79 Å². The molecule has 0 atom stereocenters. The van der Waals surface area contributed by atoms with Crippen LogP contribution in [0.2, 0.25) is 0 Å². The molecule has 20 heavy (non-hydrogen) atoms. The van der Waals surface area contributed by atoms with Crippen LogP contribution in [0.3, 0.4) is 0 Å². The highest BCUT2D eigenvalue weighted by atomic mass is 16.1. The van der Waals surface area contributed by atoms with E-state index < -0.39 is 0 Å². The van der Waals surface area contributed by atoms with Crippen LogP contribution < -0.4 is 0 Å². The number of rotatable bonds is 7. The first kappa shape index (κ1) is 16.9. The van der Waals surface area contributed by atoms with Gasteiger partial charge in [-0.3, -0.25) is 9.69 Å². The first-order valence-electron chi connectivity index (χ1n) is 7.68. The van der Waals surface area contributed by atoms with Crippen molar-refractivity contribution < 1.29 is 4.79 Å². The Bertz CT molecular complexity index is 418. The Labute approximate surface area is 124 Å². The molecule has 0 saturated heterocycles. The Morgan fingerprint density at radius 3 is 1.95 bits per heavy atom. The van der Waals surface area contributed by atoms with Crippen molar-refractivity contribution in [2.75, 3.05) is 13.1 Å². The highest BCUT2D eigenvalue weighted by Gasteiger charge is 2.16. The fraction of sp³-hybridized carbons (Fsp3) is 0.611. The first-order valence-corrected chi connectivity index (χ1v) is 7.68. The van der Waals surface area contributed by atoms with E-state index in [1.54, 1.807) is 0 Å². The fourth-order valence-corrected chi connectivity index (χ4v) is 2.26. The molecule has 0 amide bonds. The lowest BCUT2D eigenvalue weighted by molar-refractivity contribution is 0.0892. The van der Waals surface area contributed by atoms with Crippen LogP contribution in [0.5, 0.6) is 0 Å². The van der Waals surface area contributed by atoms with Gasteiger partial charge in [0.15, 0.2) is 5.78 Å². The molecule has 1 aromatic carbocycles. The molecule has 0 heterocycles.